The standard InChI is InChI=1S/C22H21F6NO5S/c1-33-20(30)12-34-19-8-4-6-16-17(19)5-2-3-7-18(16)29-35(31,32)15-10-13(21(23,24)25)9-14(11-15)22(26,27)28/h4,6,8-11,18,29H,2-3,5,7,12H2,1H3. The van der Waals surface area contributed by atoms with E-state index >= 15 is 0 Å². The first-order valence-electron chi connectivity index (χ1n) is 10.4. The lowest BCUT2D eigenvalue weighted by Gasteiger charge is -2.22. The third kappa shape index (κ3) is 6.45. The number of carbonyl (C=O) groups is 1. The van der Waals surface area contributed by atoms with E-state index in [1.807, 2.05) is 0 Å². The molecule has 2 aromatic rings. The fraction of sp³-hybridized carbons (Fsp3) is 0.409. The summed E-state index contributed by atoms with van der Waals surface area (Å²) >= 11 is 0. The quantitative estimate of drug-likeness (QED) is 0.325. The number of carbonyl (C=O) groups excluding carboxylic acids is 1. The second kappa shape index (κ2) is 10.1. The minimum absolute atomic E-state index is 0.134. The van der Waals surface area contributed by atoms with Gasteiger partial charge < -0.3 is 9.47 Å². The summed E-state index contributed by atoms with van der Waals surface area (Å²) in [6, 6.07) is 3.97. The summed E-state index contributed by atoms with van der Waals surface area (Å²) in [5.74, 6) is -0.337. The van der Waals surface area contributed by atoms with Gasteiger partial charge in [-0.1, -0.05) is 18.6 Å². The molecule has 35 heavy (non-hydrogen) atoms. The van der Waals surface area contributed by atoms with Crippen molar-refractivity contribution >= 4 is 16.0 Å². The van der Waals surface area contributed by atoms with E-state index in [0.29, 0.717) is 36.1 Å². The summed E-state index contributed by atoms with van der Waals surface area (Å²) in [4.78, 5) is 10.3. The van der Waals surface area contributed by atoms with E-state index in [1.54, 1.807) is 18.2 Å². The molecule has 13 heteroatoms. The number of methoxy groups -OCH3 is 1. The number of rotatable bonds is 6. The van der Waals surface area contributed by atoms with Gasteiger partial charge in [0.25, 0.3) is 0 Å². The van der Waals surface area contributed by atoms with Crippen LogP contribution in [0.4, 0.5) is 26.3 Å². The molecule has 0 spiro atoms. The van der Waals surface area contributed by atoms with E-state index in [9.17, 15) is 39.6 Å². The number of ether oxygens (including phenoxy) is 2. The molecule has 1 N–H and O–H groups in total. The van der Waals surface area contributed by atoms with Crippen molar-refractivity contribution in [3.63, 3.8) is 0 Å². The Balaban J connectivity index is 2.00. The van der Waals surface area contributed by atoms with Gasteiger partial charge in [0.05, 0.1) is 23.1 Å². The fourth-order valence-corrected chi connectivity index (χ4v) is 5.09. The van der Waals surface area contributed by atoms with Crippen LogP contribution in [0.2, 0.25) is 0 Å². The van der Waals surface area contributed by atoms with E-state index in [1.165, 1.54) is 7.11 Å². The van der Waals surface area contributed by atoms with Crippen molar-refractivity contribution in [3.05, 3.63) is 58.7 Å². The number of hydrogen-bond acceptors (Lipinski definition) is 5. The Kier molecular flexibility index (Phi) is 7.70. The number of halogens is 6. The molecule has 0 bridgehead atoms. The number of esters is 1. The number of benzene rings is 2. The van der Waals surface area contributed by atoms with Crippen molar-refractivity contribution in [1.29, 1.82) is 0 Å². The molecule has 1 aliphatic rings. The monoisotopic (exact) mass is 525 g/mol. The molecular weight excluding hydrogens is 504 g/mol. The molecule has 6 nitrogen and oxygen atoms in total. The van der Waals surface area contributed by atoms with Crippen LogP contribution in [0.3, 0.4) is 0 Å². The number of hydrogen-bond donors (Lipinski definition) is 1. The van der Waals surface area contributed by atoms with Crippen LogP contribution < -0.4 is 9.46 Å². The second-order valence-electron chi connectivity index (χ2n) is 7.85. The first-order valence-corrected chi connectivity index (χ1v) is 11.8. The average molecular weight is 525 g/mol. The van der Waals surface area contributed by atoms with E-state index in [0.717, 1.165) is 0 Å². The van der Waals surface area contributed by atoms with Gasteiger partial charge >= 0.3 is 18.3 Å². The molecule has 0 heterocycles. The Hall–Kier alpha value is -2.80. The zero-order valence-corrected chi connectivity index (χ0v) is 19.1. The van der Waals surface area contributed by atoms with E-state index in [4.69, 9.17) is 4.74 Å². The molecule has 0 radical (unpaired) electrons. The first-order chi connectivity index (χ1) is 16.2. The van der Waals surface area contributed by atoms with Crippen LogP contribution in [0.15, 0.2) is 41.3 Å². The second-order valence-corrected chi connectivity index (χ2v) is 9.56. The summed E-state index contributed by atoms with van der Waals surface area (Å²) < 4.78 is 117. The van der Waals surface area contributed by atoms with Crippen molar-refractivity contribution in [1.82, 2.24) is 4.72 Å². The molecule has 1 aliphatic carbocycles. The highest BCUT2D eigenvalue weighted by Crippen LogP contribution is 2.39. The molecule has 0 fully saturated rings. The van der Waals surface area contributed by atoms with Gasteiger partial charge in [-0.05, 0) is 54.7 Å². The van der Waals surface area contributed by atoms with Crippen molar-refractivity contribution in [2.75, 3.05) is 13.7 Å². The van der Waals surface area contributed by atoms with Crippen LogP contribution in [-0.4, -0.2) is 28.1 Å². The number of sulfonamides is 1. The lowest BCUT2D eigenvalue weighted by Crippen LogP contribution is -2.29. The first kappa shape index (κ1) is 26.8. The Bertz CT molecular complexity index is 1160. The van der Waals surface area contributed by atoms with Crippen molar-refractivity contribution in [3.8, 4) is 5.75 Å². The van der Waals surface area contributed by atoms with Crippen LogP contribution in [0.25, 0.3) is 0 Å². The zero-order chi connectivity index (χ0) is 26.0. The lowest BCUT2D eigenvalue weighted by molar-refractivity contribution is -0.144. The highest BCUT2D eigenvalue weighted by atomic mass is 32.2. The van der Waals surface area contributed by atoms with Crippen molar-refractivity contribution < 1.29 is 49.0 Å². The van der Waals surface area contributed by atoms with Gasteiger partial charge in [0, 0.05) is 6.04 Å². The molecule has 1 atom stereocenters. The summed E-state index contributed by atoms with van der Waals surface area (Å²) in [5, 5.41) is 0. The van der Waals surface area contributed by atoms with Crippen molar-refractivity contribution in [2.24, 2.45) is 0 Å². The van der Waals surface area contributed by atoms with Crippen LogP contribution in [-0.2, 0) is 38.3 Å². The Labute approximate surface area is 197 Å². The number of nitrogens with one attached hydrogen (secondary N) is 1. The molecule has 0 saturated carbocycles. The molecule has 0 saturated heterocycles. The maximum absolute atomic E-state index is 13.2. The zero-order valence-electron chi connectivity index (χ0n) is 18.3. The Morgan fingerprint density at radius 1 is 1.03 bits per heavy atom. The molecule has 192 valence electrons. The van der Waals surface area contributed by atoms with Crippen LogP contribution >= 0.6 is 0 Å². The van der Waals surface area contributed by atoms with Gasteiger partial charge in [-0.15, -0.1) is 0 Å². The van der Waals surface area contributed by atoms with Gasteiger partial charge in [-0.25, -0.2) is 17.9 Å². The van der Waals surface area contributed by atoms with Crippen LogP contribution in [0.5, 0.6) is 5.75 Å². The maximum atomic E-state index is 13.2. The predicted octanol–water partition coefficient (Wildman–Crippen LogP) is 5.02. The summed E-state index contributed by atoms with van der Waals surface area (Å²) in [6.07, 6.45) is -8.52. The molecule has 0 amide bonds. The highest BCUT2D eigenvalue weighted by Gasteiger charge is 2.38. The molecular formula is C22H21F6NO5S. The van der Waals surface area contributed by atoms with E-state index in [2.05, 4.69) is 9.46 Å². The van der Waals surface area contributed by atoms with E-state index in [-0.39, 0.29) is 24.6 Å². The Morgan fingerprint density at radius 3 is 2.23 bits per heavy atom. The summed E-state index contributed by atoms with van der Waals surface area (Å²) in [7, 11) is -3.61. The maximum Gasteiger partial charge on any atom is 0.416 e. The topological polar surface area (TPSA) is 81.7 Å². The van der Waals surface area contributed by atoms with Gasteiger partial charge in [-0.3, -0.25) is 0 Å². The minimum atomic E-state index is -5.19. The molecule has 1 unspecified atom stereocenters. The molecule has 0 aromatic heterocycles. The molecule has 0 aliphatic heterocycles. The fourth-order valence-electron chi connectivity index (χ4n) is 3.77. The van der Waals surface area contributed by atoms with Gasteiger partial charge in [0.1, 0.15) is 5.75 Å². The predicted molar refractivity (Wildman–Crippen MR) is 111 cm³/mol. The van der Waals surface area contributed by atoms with Gasteiger partial charge in [0.2, 0.25) is 10.0 Å². The van der Waals surface area contributed by atoms with Crippen LogP contribution in [0.1, 0.15) is 47.6 Å². The lowest BCUT2D eigenvalue weighted by atomic mass is 9.99. The number of fused-ring (bicyclic) bond motifs is 1. The van der Waals surface area contributed by atoms with Gasteiger partial charge in [0.15, 0.2) is 6.61 Å². The molecule has 2 aromatic carbocycles. The smallest absolute Gasteiger partial charge is 0.416 e. The third-order valence-corrected chi connectivity index (χ3v) is 6.91. The summed E-state index contributed by atoms with van der Waals surface area (Å²) in [5.41, 5.74) is -2.42. The largest absolute Gasteiger partial charge is 0.482 e. The highest BCUT2D eigenvalue weighted by molar-refractivity contribution is 7.89. The third-order valence-electron chi connectivity index (χ3n) is 5.46. The average Bonchev–Trinajstić information content (AvgIpc) is 2.98. The van der Waals surface area contributed by atoms with Crippen LogP contribution in [0, 0.1) is 0 Å². The normalized spacial score (nSPS) is 16.8. The minimum Gasteiger partial charge on any atom is -0.482 e. The summed E-state index contributed by atoms with van der Waals surface area (Å²) in [6.45, 7) is -0.395. The van der Waals surface area contributed by atoms with Crippen molar-refractivity contribution in [2.45, 2.75) is 49.0 Å². The Morgan fingerprint density at radius 2 is 1.66 bits per heavy atom. The van der Waals surface area contributed by atoms with Gasteiger partial charge in [-0.2, -0.15) is 26.3 Å². The SMILES string of the molecule is COC(=O)COc1cccc2c1CCCCC2NS(=O)(=O)c1cc(C(F)(F)F)cc(C(F)(F)F)c1. The number of alkyl halides is 6. The molecule has 3 rings (SSSR count). The van der Waals surface area contributed by atoms with E-state index < -0.39 is 57.0 Å².